The summed E-state index contributed by atoms with van der Waals surface area (Å²) in [7, 11) is 3.95. The highest BCUT2D eigenvalue weighted by Crippen LogP contribution is 2.44. The summed E-state index contributed by atoms with van der Waals surface area (Å²) in [6.07, 6.45) is 3.82. The van der Waals surface area contributed by atoms with Gasteiger partial charge in [0.1, 0.15) is 0 Å². The van der Waals surface area contributed by atoms with E-state index in [1.54, 1.807) is 7.11 Å². The normalized spacial score (nSPS) is 22.8. The van der Waals surface area contributed by atoms with Crippen LogP contribution in [-0.2, 0) is 4.74 Å². The van der Waals surface area contributed by atoms with E-state index in [2.05, 4.69) is 25.8 Å². The number of rotatable bonds is 7. The number of nitrogens with zero attached hydrogens (tertiary/aromatic N) is 1. The summed E-state index contributed by atoms with van der Waals surface area (Å²) in [5, 5.41) is 0. The van der Waals surface area contributed by atoms with Gasteiger partial charge in [-0.05, 0) is 39.2 Å². The molecule has 15 heavy (non-hydrogen) atoms. The lowest BCUT2D eigenvalue weighted by molar-refractivity contribution is 0.0222. The lowest BCUT2D eigenvalue weighted by Gasteiger charge is -2.44. The maximum absolute atomic E-state index is 6.01. The van der Waals surface area contributed by atoms with E-state index in [-0.39, 0.29) is 5.54 Å². The number of nitrogens with two attached hydrogens (primary N) is 1. The first kappa shape index (κ1) is 12.9. The summed E-state index contributed by atoms with van der Waals surface area (Å²) >= 11 is 0. The topological polar surface area (TPSA) is 38.5 Å². The van der Waals surface area contributed by atoms with Crippen LogP contribution in [0, 0.1) is 5.92 Å². The van der Waals surface area contributed by atoms with Crippen molar-refractivity contribution in [3.8, 4) is 0 Å². The van der Waals surface area contributed by atoms with Crippen molar-refractivity contribution in [3.05, 3.63) is 0 Å². The van der Waals surface area contributed by atoms with E-state index in [0.29, 0.717) is 6.04 Å². The van der Waals surface area contributed by atoms with Gasteiger partial charge in [0.2, 0.25) is 0 Å². The highest BCUT2D eigenvalue weighted by atomic mass is 16.5. The third kappa shape index (κ3) is 2.52. The smallest absolute Gasteiger partial charge is 0.0615 e. The number of likely N-dealkylation sites (N-methyl/N-ethyl adjacent to an activating group) is 1. The summed E-state index contributed by atoms with van der Waals surface area (Å²) in [6, 6.07) is 0.444. The predicted octanol–water partition coefficient (Wildman–Crippen LogP) is 1.47. The molecule has 1 saturated carbocycles. The molecule has 0 bridgehead atoms. The van der Waals surface area contributed by atoms with Gasteiger partial charge in [0.25, 0.3) is 0 Å². The van der Waals surface area contributed by atoms with Gasteiger partial charge in [0.05, 0.1) is 6.61 Å². The minimum Gasteiger partial charge on any atom is -0.383 e. The van der Waals surface area contributed by atoms with Crippen molar-refractivity contribution in [2.24, 2.45) is 11.7 Å². The summed E-state index contributed by atoms with van der Waals surface area (Å²) in [5.41, 5.74) is 6.22. The van der Waals surface area contributed by atoms with Crippen LogP contribution in [0.4, 0.5) is 0 Å². The van der Waals surface area contributed by atoms with Crippen molar-refractivity contribution < 1.29 is 4.74 Å². The monoisotopic (exact) mass is 214 g/mol. The van der Waals surface area contributed by atoms with Crippen LogP contribution in [0.3, 0.4) is 0 Å². The molecule has 0 aromatic carbocycles. The first-order valence-corrected chi connectivity index (χ1v) is 6.04. The Bertz CT molecular complexity index is 188. The zero-order chi connectivity index (χ0) is 11.5. The Balaban J connectivity index is 2.69. The van der Waals surface area contributed by atoms with Crippen molar-refractivity contribution in [1.29, 1.82) is 0 Å². The second-order valence-electron chi connectivity index (χ2n) is 4.85. The van der Waals surface area contributed by atoms with Crippen LogP contribution in [0.2, 0.25) is 0 Å². The van der Waals surface area contributed by atoms with Crippen LogP contribution >= 0.6 is 0 Å². The summed E-state index contributed by atoms with van der Waals surface area (Å²) in [6.45, 7) is 6.01. The first-order valence-electron chi connectivity index (χ1n) is 6.04. The van der Waals surface area contributed by atoms with Gasteiger partial charge in [-0.3, -0.25) is 4.90 Å². The molecule has 1 aliphatic carbocycles. The average molecular weight is 214 g/mol. The van der Waals surface area contributed by atoms with E-state index in [4.69, 9.17) is 10.5 Å². The van der Waals surface area contributed by atoms with E-state index in [9.17, 15) is 0 Å². The van der Waals surface area contributed by atoms with E-state index >= 15 is 0 Å². The maximum Gasteiger partial charge on any atom is 0.0615 e. The van der Waals surface area contributed by atoms with Crippen LogP contribution in [0.15, 0.2) is 0 Å². The Morgan fingerprint density at radius 2 is 2.13 bits per heavy atom. The van der Waals surface area contributed by atoms with Crippen molar-refractivity contribution in [1.82, 2.24) is 4.90 Å². The number of ether oxygens (including phenoxy) is 1. The molecular formula is C12H26N2O. The van der Waals surface area contributed by atoms with Crippen molar-refractivity contribution >= 4 is 0 Å². The molecule has 90 valence electrons. The predicted molar refractivity (Wildman–Crippen MR) is 63.9 cm³/mol. The molecule has 3 nitrogen and oxygen atoms in total. The van der Waals surface area contributed by atoms with Gasteiger partial charge in [-0.2, -0.15) is 0 Å². The molecule has 0 amide bonds. The van der Waals surface area contributed by atoms with Crippen molar-refractivity contribution in [2.45, 2.75) is 44.7 Å². The van der Waals surface area contributed by atoms with Gasteiger partial charge < -0.3 is 10.5 Å². The van der Waals surface area contributed by atoms with Gasteiger partial charge in [-0.25, -0.2) is 0 Å². The molecular weight excluding hydrogens is 188 g/mol. The maximum atomic E-state index is 6.01. The standard InChI is InChI=1S/C12H26N2O/c1-5-12(9-13,11-6-7-11)14(3)10(2)8-15-4/h10-11H,5-9,13H2,1-4H3. The zero-order valence-corrected chi connectivity index (χ0v) is 10.6. The lowest BCUT2D eigenvalue weighted by Crippen LogP contribution is -2.57. The van der Waals surface area contributed by atoms with E-state index < -0.39 is 0 Å². The second-order valence-corrected chi connectivity index (χ2v) is 4.85. The van der Waals surface area contributed by atoms with Crippen molar-refractivity contribution in [2.75, 3.05) is 27.3 Å². The summed E-state index contributed by atoms with van der Waals surface area (Å²) < 4.78 is 5.23. The number of hydrogen-bond acceptors (Lipinski definition) is 3. The lowest BCUT2D eigenvalue weighted by atomic mass is 9.87. The molecule has 3 heteroatoms. The highest BCUT2D eigenvalue weighted by Gasteiger charge is 2.46. The minimum atomic E-state index is 0.206. The average Bonchev–Trinajstić information content (AvgIpc) is 3.05. The molecule has 2 unspecified atom stereocenters. The molecule has 0 aromatic rings. The number of hydrogen-bond donors (Lipinski definition) is 1. The van der Waals surface area contributed by atoms with Crippen LogP contribution in [0.1, 0.15) is 33.1 Å². The molecule has 0 aromatic heterocycles. The Hall–Kier alpha value is -0.120. The van der Waals surface area contributed by atoms with E-state index in [1.807, 2.05) is 0 Å². The summed E-state index contributed by atoms with van der Waals surface area (Å²) in [4.78, 5) is 2.44. The third-order valence-electron chi connectivity index (χ3n) is 4.07. The Morgan fingerprint density at radius 1 is 1.53 bits per heavy atom. The van der Waals surface area contributed by atoms with Gasteiger partial charge in [0.15, 0.2) is 0 Å². The fraction of sp³-hybridized carbons (Fsp3) is 1.00. The van der Waals surface area contributed by atoms with Crippen molar-refractivity contribution in [3.63, 3.8) is 0 Å². The highest BCUT2D eigenvalue weighted by molar-refractivity contribution is 5.02. The largest absolute Gasteiger partial charge is 0.383 e. The Labute approximate surface area is 94.0 Å². The molecule has 1 aliphatic rings. The van der Waals surface area contributed by atoms with E-state index in [1.165, 1.54) is 12.8 Å². The van der Waals surface area contributed by atoms with Crippen LogP contribution in [0.25, 0.3) is 0 Å². The van der Waals surface area contributed by atoms with Crippen LogP contribution in [0.5, 0.6) is 0 Å². The zero-order valence-electron chi connectivity index (χ0n) is 10.6. The molecule has 0 heterocycles. The third-order valence-corrected chi connectivity index (χ3v) is 4.07. The van der Waals surface area contributed by atoms with E-state index in [0.717, 1.165) is 25.5 Å². The van der Waals surface area contributed by atoms with Crippen LogP contribution in [-0.4, -0.2) is 43.8 Å². The molecule has 0 spiro atoms. The molecule has 0 aliphatic heterocycles. The molecule has 0 saturated heterocycles. The van der Waals surface area contributed by atoms with Gasteiger partial charge in [-0.15, -0.1) is 0 Å². The Kier molecular flexibility index (Phi) is 4.56. The van der Waals surface area contributed by atoms with Gasteiger partial charge in [-0.1, -0.05) is 6.92 Å². The Morgan fingerprint density at radius 3 is 2.47 bits per heavy atom. The molecule has 1 rings (SSSR count). The first-order chi connectivity index (χ1) is 7.12. The SMILES string of the molecule is CCC(CN)(C1CC1)N(C)C(C)COC. The quantitative estimate of drug-likeness (QED) is 0.697. The second kappa shape index (κ2) is 5.28. The number of methoxy groups -OCH3 is 1. The fourth-order valence-corrected chi connectivity index (χ4v) is 2.69. The van der Waals surface area contributed by atoms with Gasteiger partial charge >= 0.3 is 0 Å². The molecule has 2 N–H and O–H groups in total. The van der Waals surface area contributed by atoms with Crippen LogP contribution < -0.4 is 5.73 Å². The minimum absolute atomic E-state index is 0.206. The fourth-order valence-electron chi connectivity index (χ4n) is 2.69. The summed E-state index contributed by atoms with van der Waals surface area (Å²) in [5.74, 6) is 0.803. The molecule has 0 radical (unpaired) electrons. The molecule has 1 fully saturated rings. The van der Waals surface area contributed by atoms with Gasteiger partial charge in [0, 0.05) is 25.2 Å². The molecule has 2 atom stereocenters.